The number of anilines is 2. The molecule has 0 radical (unpaired) electrons. The molecule has 3 nitrogen and oxygen atoms in total. The first-order valence-electron chi connectivity index (χ1n) is 8.48. The van der Waals surface area contributed by atoms with E-state index in [2.05, 4.69) is 22.5 Å². The summed E-state index contributed by atoms with van der Waals surface area (Å²) in [5, 5.41) is 5.88. The van der Waals surface area contributed by atoms with Gasteiger partial charge in [0.1, 0.15) is 5.82 Å². The Morgan fingerprint density at radius 1 is 1.00 bits per heavy atom. The molecule has 1 aromatic heterocycles. The van der Waals surface area contributed by atoms with Crippen LogP contribution in [0.15, 0.2) is 12.3 Å². The minimum atomic E-state index is -4.37. The highest BCUT2D eigenvalue weighted by Crippen LogP contribution is 2.32. The minimum Gasteiger partial charge on any atom is -0.382 e. The number of alkyl halides is 3. The van der Waals surface area contributed by atoms with Crippen molar-refractivity contribution in [3.63, 3.8) is 0 Å². The third kappa shape index (κ3) is 7.57. The van der Waals surface area contributed by atoms with Crippen molar-refractivity contribution >= 4 is 11.5 Å². The van der Waals surface area contributed by atoms with Crippen LogP contribution in [-0.4, -0.2) is 18.6 Å². The molecular weight excluding hydrogens is 303 g/mol. The Kier molecular flexibility index (Phi) is 8.81. The Balaban J connectivity index is 2.33. The van der Waals surface area contributed by atoms with E-state index >= 15 is 0 Å². The number of rotatable bonds is 11. The molecule has 0 saturated carbocycles. The summed E-state index contributed by atoms with van der Waals surface area (Å²) < 4.78 is 38.2. The molecule has 0 aliphatic heterocycles. The summed E-state index contributed by atoms with van der Waals surface area (Å²) in [6, 6.07) is 1.11. The molecule has 1 aromatic rings. The number of nitrogens with zero attached hydrogens (tertiary/aromatic N) is 1. The molecule has 0 spiro atoms. The van der Waals surface area contributed by atoms with Gasteiger partial charge in [0.05, 0.1) is 11.3 Å². The second-order valence-electron chi connectivity index (χ2n) is 5.77. The fourth-order valence-corrected chi connectivity index (χ4v) is 2.44. The van der Waals surface area contributed by atoms with Crippen LogP contribution in [-0.2, 0) is 6.18 Å². The van der Waals surface area contributed by atoms with Crippen molar-refractivity contribution in [2.24, 2.45) is 0 Å². The third-order valence-corrected chi connectivity index (χ3v) is 3.80. The van der Waals surface area contributed by atoms with E-state index < -0.39 is 11.7 Å². The van der Waals surface area contributed by atoms with Gasteiger partial charge in [-0.05, 0) is 12.5 Å². The minimum absolute atomic E-state index is 0.408. The van der Waals surface area contributed by atoms with Crippen LogP contribution < -0.4 is 10.6 Å². The van der Waals surface area contributed by atoms with Gasteiger partial charge in [-0.2, -0.15) is 13.2 Å². The number of aromatic nitrogens is 1. The lowest BCUT2D eigenvalue weighted by Gasteiger charge is -2.14. The zero-order chi connectivity index (χ0) is 17.1. The molecule has 2 N–H and O–H groups in total. The summed E-state index contributed by atoms with van der Waals surface area (Å²) in [5.41, 5.74) is -0.319. The van der Waals surface area contributed by atoms with E-state index in [1.165, 1.54) is 38.5 Å². The molecule has 0 aromatic carbocycles. The Hall–Kier alpha value is -1.46. The third-order valence-electron chi connectivity index (χ3n) is 3.80. The van der Waals surface area contributed by atoms with Crippen molar-refractivity contribution in [1.29, 1.82) is 0 Å². The molecule has 0 aliphatic carbocycles. The van der Waals surface area contributed by atoms with Gasteiger partial charge in [0.2, 0.25) is 0 Å². The summed E-state index contributed by atoms with van der Waals surface area (Å²) in [5.74, 6) is 0.442. The van der Waals surface area contributed by atoms with Crippen molar-refractivity contribution in [3.8, 4) is 0 Å². The van der Waals surface area contributed by atoms with Crippen LogP contribution in [0.3, 0.4) is 0 Å². The van der Waals surface area contributed by atoms with Crippen molar-refractivity contribution in [1.82, 2.24) is 4.98 Å². The quantitative estimate of drug-likeness (QED) is 0.511. The zero-order valence-corrected chi connectivity index (χ0v) is 14.1. The lowest BCUT2D eigenvalue weighted by Crippen LogP contribution is -2.10. The van der Waals surface area contributed by atoms with Crippen LogP contribution in [0, 0.1) is 0 Å². The molecule has 0 unspecified atom stereocenters. The molecule has 132 valence electrons. The highest BCUT2D eigenvalue weighted by molar-refractivity contribution is 5.65. The van der Waals surface area contributed by atoms with E-state index in [1.807, 2.05) is 0 Å². The van der Waals surface area contributed by atoms with Crippen molar-refractivity contribution in [2.75, 3.05) is 24.2 Å². The summed E-state index contributed by atoms with van der Waals surface area (Å²) >= 11 is 0. The molecule has 0 amide bonds. The van der Waals surface area contributed by atoms with E-state index in [4.69, 9.17) is 0 Å². The molecule has 23 heavy (non-hydrogen) atoms. The lowest BCUT2D eigenvalue weighted by molar-refractivity contribution is -0.137. The van der Waals surface area contributed by atoms with Gasteiger partial charge >= 0.3 is 6.18 Å². The maximum absolute atomic E-state index is 12.7. The number of pyridine rings is 1. The SMILES string of the molecule is CCCCCCCCCCNc1cc(C(F)(F)F)cnc1NC. The lowest BCUT2D eigenvalue weighted by atomic mass is 10.1. The molecule has 0 atom stereocenters. The number of hydrogen-bond donors (Lipinski definition) is 2. The van der Waals surface area contributed by atoms with Crippen LogP contribution in [0.1, 0.15) is 63.9 Å². The standard InChI is InChI=1S/C17H28F3N3/c1-3-4-5-6-7-8-9-10-11-22-15-12-14(17(18,19)20)13-23-16(15)21-2/h12-13,22H,3-11H2,1-2H3,(H,21,23). The molecule has 0 fully saturated rings. The maximum Gasteiger partial charge on any atom is 0.417 e. The van der Waals surface area contributed by atoms with Gasteiger partial charge in [-0.1, -0.05) is 51.9 Å². The topological polar surface area (TPSA) is 37.0 Å². The van der Waals surface area contributed by atoms with Gasteiger partial charge in [-0.25, -0.2) is 4.98 Å². The van der Waals surface area contributed by atoms with Gasteiger partial charge in [0, 0.05) is 19.8 Å². The predicted octanol–water partition coefficient (Wildman–Crippen LogP) is 5.69. The molecule has 1 rings (SSSR count). The van der Waals surface area contributed by atoms with Crippen LogP contribution in [0.5, 0.6) is 0 Å². The fraction of sp³-hybridized carbons (Fsp3) is 0.706. The van der Waals surface area contributed by atoms with E-state index in [9.17, 15) is 13.2 Å². The predicted molar refractivity (Wildman–Crippen MR) is 89.9 cm³/mol. The number of halogens is 3. The van der Waals surface area contributed by atoms with E-state index in [1.54, 1.807) is 7.05 Å². The Morgan fingerprint density at radius 3 is 2.17 bits per heavy atom. The second-order valence-corrected chi connectivity index (χ2v) is 5.77. The number of hydrogen-bond acceptors (Lipinski definition) is 3. The average Bonchev–Trinajstić information content (AvgIpc) is 2.52. The maximum atomic E-state index is 12.7. The molecule has 0 saturated heterocycles. The molecule has 0 aliphatic rings. The highest BCUT2D eigenvalue weighted by Gasteiger charge is 2.31. The largest absolute Gasteiger partial charge is 0.417 e. The molecule has 1 heterocycles. The molecule has 0 bridgehead atoms. The molecule has 6 heteroatoms. The number of nitrogens with one attached hydrogen (secondary N) is 2. The van der Waals surface area contributed by atoms with Gasteiger partial charge in [0.15, 0.2) is 0 Å². The van der Waals surface area contributed by atoms with Crippen LogP contribution in [0.4, 0.5) is 24.7 Å². The van der Waals surface area contributed by atoms with Gasteiger partial charge in [-0.15, -0.1) is 0 Å². The van der Waals surface area contributed by atoms with E-state index in [0.29, 0.717) is 18.1 Å². The monoisotopic (exact) mass is 331 g/mol. The summed E-state index contributed by atoms with van der Waals surface area (Å²) in [7, 11) is 1.65. The summed E-state index contributed by atoms with van der Waals surface area (Å²) in [4.78, 5) is 3.83. The van der Waals surface area contributed by atoms with Crippen molar-refractivity contribution in [3.05, 3.63) is 17.8 Å². The van der Waals surface area contributed by atoms with Crippen molar-refractivity contribution in [2.45, 2.75) is 64.5 Å². The van der Waals surface area contributed by atoms with Gasteiger partial charge in [0.25, 0.3) is 0 Å². The summed E-state index contributed by atoms with van der Waals surface area (Å²) in [6.45, 7) is 2.86. The zero-order valence-electron chi connectivity index (χ0n) is 14.1. The highest BCUT2D eigenvalue weighted by atomic mass is 19.4. The average molecular weight is 331 g/mol. The normalized spacial score (nSPS) is 11.5. The Morgan fingerprint density at radius 2 is 1.61 bits per heavy atom. The summed E-state index contributed by atoms with van der Waals surface area (Å²) in [6.07, 6.45) is 6.10. The fourth-order valence-electron chi connectivity index (χ4n) is 2.44. The second kappa shape index (κ2) is 10.3. The van der Waals surface area contributed by atoms with E-state index in [-0.39, 0.29) is 0 Å². The Labute approximate surface area is 137 Å². The Bertz CT molecular complexity index is 447. The van der Waals surface area contributed by atoms with Crippen molar-refractivity contribution < 1.29 is 13.2 Å². The first-order valence-corrected chi connectivity index (χ1v) is 8.48. The number of unbranched alkanes of at least 4 members (excludes halogenated alkanes) is 7. The van der Waals surface area contributed by atoms with Gasteiger partial charge < -0.3 is 10.6 Å². The van der Waals surface area contributed by atoms with Crippen LogP contribution in [0.25, 0.3) is 0 Å². The van der Waals surface area contributed by atoms with Crippen LogP contribution >= 0.6 is 0 Å². The molecular formula is C17H28F3N3. The smallest absolute Gasteiger partial charge is 0.382 e. The first-order chi connectivity index (χ1) is 11.0. The van der Waals surface area contributed by atoms with E-state index in [0.717, 1.165) is 25.1 Å². The first kappa shape index (κ1) is 19.6. The van der Waals surface area contributed by atoms with Crippen LogP contribution in [0.2, 0.25) is 0 Å². The van der Waals surface area contributed by atoms with Gasteiger partial charge in [-0.3, -0.25) is 0 Å².